The fraction of sp³-hybridized carbons (Fsp3) is 0.595. The summed E-state index contributed by atoms with van der Waals surface area (Å²) in [6, 6.07) is 6.72. The molecule has 1 aromatic carbocycles. The van der Waals surface area contributed by atoms with Gasteiger partial charge in [-0.15, -0.1) is 0 Å². The third-order valence-electron chi connectivity index (χ3n) is 11.5. The maximum Gasteiger partial charge on any atom is 0.251 e. The van der Waals surface area contributed by atoms with Gasteiger partial charge in [0.2, 0.25) is 11.8 Å². The summed E-state index contributed by atoms with van der Waals surface area (Å²) >= 11 is 0. The molecule has 1 unspecified atom stereocenters. The minimum atomic E-state index is -0.449. The molecule has 2 N–H and O–H groups in total. The topological polar surface area (TPSA) is 126 Å². The van der Waals surface area contributed by atoms with E-state index in [9.17, 15) is 19.2 Å². The predicted molar refractivity (Wildman–Crippen MR) is 184 cm³/mol. The van der Waals surface area contributed by atoms with Gasteiger partial charge in [0.1, 0.15) is 0 Å². The smallest absolute Gasteiger partial charge is 0.251 e. The van der Waals surface area contributed by atoms with Crippen LogP contribution in [0, 0.1) is 12.8 Å². The van der Waals surface area contributed by atoms with Crippen molar-refractivity contribution in [2.45, 2.75) is 76.7 Å². The molecule has 7 rings (SSSR count). The number of Topliss-reactive ketones (excluding diaryl/α,β-unsaturated/α-hetero) is 1. The number of carbonyl (C=O) groups excluding carboxylic acids is 3. The van der Waals surface area contributed by atoms with Gasteiger partial charge in [-0.2, -0.15) is 5.10 Å². The number of H-pyrrole nitrogens is 2. The maximum absolute atomic E-state index is 14.2. The second-order valence-corrected chi connectivity index (χ2v) is 14.6. The van der Waals surface area contributed by atoms with Crippen LogP contribution in [0.1, 0.15) is 83.6 Å². The zero-order chi connectivity index (χ0) is 33.4. The molecule has 256 valence electrons. The van der Waals surface area contributed by atoms with Gasteiger partial charge in [0.25, 0.3) is 5.56 Å². The number of piperidine rings is 2. The van der Waals surface area contributed by atoms with E-state index < -0.39 is 5.92 Å². The Morgan fingerprint density at radius 3 is 2.42 bits per heavy atom. The number of aromatic amines is 2. The van der Waals surface area contributed by atoms with E-state index in [1.54, 1.807) is 0 Å². The van der Waals surface area contributed by atoms with Crippen LogP contribution in [0.2, 0.25) is 0 Å². The van der Waals surface area contributed by atoms with Crippen molar-refractivity contribution in [2.75, 3.05) is 59.4 Å². The Morgan fingerprint density at radius 2 is 1.67 bits per heavy atom. The van der Waals surface area contributed by atoms with E-state index in [0.29, 0.717) is 63.6 Å². The van der Waals surface area contributed by atoms with Crippen LogP contribution in [0.5, 0.6) is 0 Å². The summed E-state index contributed by atoms with van der Waals surface area (Å²) < 4.78 is 0. The third-order valence-corrected chi connectivity index (χ3v) is 11.5. The number of rotatable bonds is 7. The first-order chi connectivity index (χ1) is 23.2. The number of likely N-dealkylation sites (tertiary alicyclic amines) is 2. The van der Waals surface area contributed by atoms with Crippen molar-refractivity contribution in [3.63, 3.8) is 0 Å². The minimum Gasteiger partial charge on any atom is -0.343 e. The molecule has 0 saturated carbocycles. The Labute approximate surface area is 282 Å². The number of hydrogen-bond acceptors (Lipinski definition) is 7. The number of pyridine rings is 1. The van der Waals surface area contributed by atoms with E-state index >= 15 is 0 Å². The zero-order valence-electron chi connectivity index (χ0n) is 28.4. The molecule has 3 aromatic rings. The number of piperazine rings is 1. The highest BCUT2D eigenvalue weighted by Gasteiger charge is 2.34. The molecule has 0 spiro atoms. The van der Waals surface area contributed by atoms with Crippen molar-refractivity contribution in [2.24, 2.45) is 5.92 Å². The van der Waals surface area contributed by atoms with E-state index in [0.717, 1.165) is 72.2 Å². The van der Waals surface area contributed by atoms with Gasteiger partial charge in [-0.05, 0) is 107 Å². The van der Waals surface area contributed by atoms with Crippen molar-refractivity contribution < 1.29 is 14.4 Å². The standard InChI is InChI=1S/C37H49N7O4/c1-24-18-25(20-29-23-38-40-34(24)29)19-28(37(48)44-16-14-42(15-17-44)30-8-10-41(2)11-9-30)22-33(46)43-12-6-26(7-13-43)31-21-27-4-3-5-32(45)35(27)39-36(31)47/h18,20-21,23,26,28,30H,3-17,19,22H2,1-2H3,(H,38,40)(H,39,47). The third kappa shape index (κ3) is 6.85. The Bertz CT molecular complexity index is 1720. The predicted octanol–water partition coefficient (Wildman–Crippen LogP) is 3.27. The molecule has 0 radical (unpaired) electrons. The van der Waals surface area contributed by atoms with E-state index in [1.807, 2.05) is 29.0 Å². The fourth-order valence-corrected chi connectivity index (χ4v) is 8.57. The lowest BCUT2D eigenvalue weighted by Crippen LogP contribution is -2.55. The monoisotopic (exact) mass is 655 g/mol. The van der Waals surface area contributed by atoms with Crippen LogP contribution < -0.4 is 5.56 Å². The number of carbonyl (C=O) groups is 3. The molecule has 3 fully saturated rings. The Kier molecular flexibility index (Phi) is 9.51. The van der Waals surface area contributed by atoms with Crippen LogP contribution in [-0.2, 0) is 22.4 Å². The highest BCUT2D eigenvalue weighted by atomic mass is 16.2. The van der Waals surface area contributed by atoms with Gasteiger partial charge >= 0.3 is 0 Å². The second kappa shape index (κ2) is 14.0. The van der Waals surface area contributed by atoms with Crippen LogP contribution >= 0.6 is 0 Å². The lowest BCUT2D eigenvalue weighted by molar-refractivity contribution is -0.143. The van der Waals surface area contributed by atoms with Gasteiger partial charge in [-0.1, -0.05) is 6.07 Å². The lowest BCUT2D eigenvalue weighted by Gasteiger charge is -2.43. The first-order valence-corrected chi connectivity index (χ1v) is 17.9. The van der Waals surface area contributed by atoms with Gasteiger partial charge in [-0.3, -0.25) is 29.2 Å². The number of benzene rings is 1. The number of fused-ring (bicyclic) bond motifs is 2. The molecule has 0 bridgehead atoms. The molecular formula is C37H49N7O4. The average molecular weight is 656 g/mol. The molecule has 2 aromatic heterocycles. The van der Waals surface area contributed by atoms with Crippen molar-refractivity contribution in [3.8, 4) is 0 Å². The summed E-state index contributed by atoms with van der Waals surface area (Å²) in [4.78, 5) is 65.0. The first kappa shape index (κ1) is 32.7. The Balaban J connectivity index is 1.02. The average Bonchev–Trinajstić information content (AvgIpc) is 3.58. The molecule has 11 heteroatoms. The quantitative estimate of drug-likeness (QED) is 0.400. The molecule has 4 aliphatic rings. The largest absolute Gasteiger partial charge is 0.343 e. The molecule has 2 amide bonds. The van der Waals surface area contributed by atoms with Crippen molar-refractivity contribution in [3.05, 3.63) is 62.7 Å². The fourth-order valence-electron chi connectivity index (χ4n) is 8.57. The Hall–Kier alpha value is -3.83. The van der Waals surface area contributed by atoms with Gasteiger partial charge in [0, 0.05) is 69.1 Å². The van der Waals surface area contributed by atoms with Gasteiger partial charge in [0.15, 0.2) is 5.78 Å². The summed E-state index contributed by atoms with van der Waals surface area (Å²) in [7, 11) is 2.18. The number of nitrogens with zero attached hydrogens (tertiary/aromatic N) is 5. The van der Waals surface area contributed by atoms with Crippen LogP contribution in [-0.4, -0.2) is 118 Å². The molecule has 11 nitrogen and oxygen atoms in total. The number of aromatic nitrogens is 3. The van der Waals surface area contributed by atoms with E-state index in [4.69, 9.17) is 0 Å². The van der Waals surface area contributed by atoms with Gasteiger partial charge in [0.05, 0.1) is 23.3 Å². The van der Waals surface area contributed by atoms with Crippen molar-refractivity contribution in [1.82, 2.24) is 34.8 Å². The van der Waals surface area contributed by atoms with Crippen molar-refractivity contribution in [1.29, 1.82) is 0 Å². The summed E-state index contributed by atoms with van der Waals surface area (Å²) in [5, 5.41) is 8.27. The molecule has 5 heterocycles. The number of hydrogen-bond donors (Lipinski definition) is 2. The van der Waals surface area contributed by atoms with Gasteiger partial charge < -0.3 is 19.7 Å². The molecule has 3 aliphatic heterocycles. The number of ketones is 1. The summed E-state index contributed by atoms with van der Waals surface area (Å²) in [5.41, 5.74) is 5.08. The number of nitrogens with one attached hydrogen (secondary N) is 2. The second-order valence-electron chi connectivity index (χ2n) is 14.6. The number of amides is 2. The zero-order valence-corrected chi connectivity index (χ0v) is 28.4. The molecular weight excluding hydrogens is 606 g/mol. The molecule has 1 aliphatic carbocycles. The summed E-state index contributed by atoms with van der Waals surface area (Å²) in [6.07, 6.45) is 8.31. The highest BCUT2D eigenvalue weighted by Crippen LogP contribution is 2.30. The van der Waals surface area contributed by atoms with Gasteiger partial charge in [-0.25, -0.2) is 0 Å². The van der Waals surface area contributed by atoms with Crippen LogP contribution in [0.15, 0.2) is 29.2 Å². The van der Waals surface area contributed by atoms with E-state index in [2.05, 4.69) is 44.2 Å². The SMILES string of the molecule is Cc1cc(CC(CC(=O)N2CCC(c3cc4c([nH]c3=O)C(=O)CCC4)CC2)C(=O)N2CCN(C3CCN(C)CC3)CC2)cc2cn[nH]c12. The van der Waals surface area contributed by atoms with Crippen LogP contribution in [0.4, 0.5) is 0 Å². The van der Waals surface area contributed by atoms with E-state index in [-0.39, 0.29) is 35.5 Å². The maximum atomic E-state index is 14.2. The van der Waals surface area contributed by atoms with Crippen LogP contribution in [0.25, 0.3) is 10.9 Å². The Morgan fingerprint density at radius 1 is 0.917 bits per heavy atom. The summed E-state index contributed by atoms with van der Waals surface area (Å²) in [5.74, 6) is -0.314. The molecule has 3 saturated heterocycles. The highest BCUT2D eigenvalue weighted by molar-refractivity contribution is 5.96. The summed E-state index contributed by atoms with van der Waals surface area (Å²) in [6.45, 7) is 8.54. The normalized spacial score (nSPS) is 21.1. The molecule has 48 heavy (non-hydrogen) atoms. The van der Waals surface area contributed by atoms with Crippen molar-refractivity contribution >= 4 is 28.5 Å². The lowest BCUT2D eigenvalue weighted by atomic mass is 9.86. The first-order valence-electron chi connectivity index (χ1n) is 17.9. The molecule has 1 atom stereocenters. The minimum absolute atomic E-state index is 0.00261. The van der Waals surface area contributed by atoms with Crippen LogP contribution in [0.3, 0.4) is 0 Å². The van der Waals surface area contributed by atoms with E-state index in [1.165, 1.54) is 12.8 Å². The number of aryl methyl sites for hydroxylation is 2.